The van der Waals surface area contributed by atoms with Crippen molar-refractivity contribution in [2.24, 2.45) is 11.1 Å². The molecule has 2 fully saturated rings. The number of carbonyl (C=O) groups excluding carboxylic acids is 1. The number of hydrogen-bond donors (Lipinski definition) is 2. The van der Waals surface area contributed by atoms with Gasteiger partial charge in [0.1, 0.15) is 0 Å². The van der Waals surface area contributed by atoms with Crippen molar-refractivity contribution in [3.63, 3.8) is 0 Å². The number of likely N-dealkylation sites (N-methyl/N-ethyl adjacent to an activating group) is 1. The molecule has 0 aromatic carbocycles. The minimum Gasteiger partial charge on any atom is -0.354 e. The van der Waals surface area contributed by atoms with Crippen molar-refractivity contribution in [2.75, 3.05) is 26.7 Å². The van der Waals surface area contributed by atoms with Crippen molar-refractivity contribution in [3.8, 4) is 0 Å². The highest BCUT2D eigenvalue weighted by Gasteiger charge is 2.38. The Morgan fingerprint density at radius 3 is 2.61 bits per heavy atom. The molecule has 0 spiro atoms. The normalized spacial score (nSPS) is 28.2. The third kappa shape index (κ3) is 2.86. The molecule has 2 rings (SSSR count). The fourth-order valence-corrected chi connectivity index (χ4v) is 3.39. The number of likely N-dealkylation sites (tertiary alicyclic amines) is 1. The van der Waals surface area contributed by atoms with Crippen LogP contribution in [0.25, 0.3) is 0 Å². The number of carbonyl (C=O) groups is 1. The van der Waals surface area contributed by atoms with E-state index >= 15 is 0 Å². The Morgan fingerprint density at radius 1 is 1.33 bits per heavy atom. The molecule has 1 aliphatic carbocycles. The van der Waals surface area contributed by atoms with Crippen molar-refractivity contribution in [1.29, 1.82) is 0 Å². The molecule has 0 aromatic heterocycles. The van der Waals surface area contributed by atoms with Crippen molar-refractivity contribution >= 4 is 5.91 Å². The SMILES string of the molecule is CN1CCCC1CNC(=O)C1(CN)CCCCC1. The van der Waals surface area contributed by atoms with Crippen LogP contribution in [0.5, 0.6) is 0 Å². The van der Waals surface area contributed by atoms with E-state index in [1.165, 1.54) is 19.3 Å². The van der Waals surface area contributed by atoms with Gasteiger partial charge in [-0.05, 0) is 39.3 Å². The van der Waals surface area contributed by atoms with Crippen LogP contribution in [0.15, 0.2) is 0 Å². The van der Waals surface area contributed by atoms with Gasteiger partial charge in [-0.2, -0.15) is 0 Å². The highest BCUT2D eigenvalue weighted by molar-refractivity contribution is 5.83. The van der Waals surface area contributed by atoms with E-state index < -0.39 is 0 Å². The highest BCUT2D eigenvalue weighted by atomic mass is 16.2. The predicted octanol–water partition coefficient (Wildman–Crippen LogP) is 1.11. The molecule has 1 atom stereocenters. The molecule has 1 aliphatic heterocycles. The topological polar surface area (TPSA) is 58.4 Å². The number of nitrogens with zero attached hydrogens (tertiary/aromatic N) is 1. The first-order valence-electron chi connectivity index (χ1n) is 7.36. The molecule has 18 heavy (non-hydrogen) atoms. The molecule has 0 aromatic rings. The Labute approximate surface area is 110 Å². The lowest BCUT2D eigenvalue weighted by Crippen LogP contribution is -2.49. The predicted molar refractivity (Wildman–Crippen MR) is 73.2 cm³/mol. The Morgan fingerprint density at radius 2 is 2.06 bits per heavy atom. The zero-order valence-corrected chi connectivity index (χ0v) is 11.6. The first-order valence-corrected chi connectivity index (χ1v) is 7.36. The van der Waals surface area contributed by atoms with Gasteiger partial charge >= 0.3 is 0 Å². The van der Waals surface area contributed by atoms with Gasteiger partial charge in [-0.1, -0.05) is 19.3 Å². The Balaban J connectivity index is 1.85. The summed E-state index contributed by atoms with van der Waals surface area (Å²) in [5, 5.41) is 3.16. The number of rotatable bonds is 4. The highest BCUT2D eigenvalue weighted by Crippen LogP contribution is 2.35. The number of nitrogens with two attached hydrogens (primary N) is 1. The third-order valence-corrected chi connectivity index (χ3v) is 4.85. The molecule has 1 saturated heterocycles. The Bertz CT molecular complexity index is 287. The summed E-state index contributed by atoms with van der Waals surface area (Å²) in [4.78, 5) is 14.7. The average Bonchev–Trinajstić information content (AvgIpc) is 2.82. The minimum absolute atomic E-state index is 0.199. The molecule has 0 radical (unpaired) electrons. The number of hydrogen-bond acceptors (Lipinski definition) is 3. The smallest absolute Gasteiger partial charge is 0.227 e. The van der Waals surface area contributed by atoms with Gasteiger partial charge in [-0.15, -0.1) is 0 Å². The molecule has 4 heteroatoms. The lowest BCUT2D eigenvalue weighted by Gasteiger charge is -2.35. The lowest BCUT2D eigenvalue weighted by molar-refractivity contribution is -0.132. The maximum atomic E-state index is 12.4. The van der Waals surface area contributed by atoms with Gasteiger partial charge in [0.15, 0.2) is 0 Å². The summed E-state index contributed by atoms with van der Waals surface area (Å²) in [5.74, 6) is 0.199. The summed E-state index contributed by atoms with van der Waals surface area (Å²) >= 11 is 0. The van der Waals surface area contributed by atoms with Gasteiger partial charge < -0.3 is 16.0 Å². The average molecular weight is 253 g/mol. The van der Waals surface area contributed by atoms with Crippen LogP contribution in [-0.4, -0.2) is 43.5 Å². The standard InChI is InChI=1S/C14H27N3O/c1-17-9-5-6-12(17)10-16-13(18)14(11-15)7-3-2-4-8-14/h12H,2-11,15H2,1H3,(H,16,18). The molecule has 1 heterocycles. The lowest BCUT2D eigenvalue weighted by atomic mass is 9.73. The van der Waals surface area contributed by atoms with E-state index in [1.54, 1.807) is 0 Å². The van der Waals surface area contributed by atoms with E-state index in [1.807, 2.05) is 0 Å². The van der Waals surface area contributed by atoms with E-state index in [4.69, 9.17) is 5.73 Å². The zero-order valence-electron chi connectivity index (χ0n) is 11.6. The van der Waals surface area contributed by atoms with Crippen molar-refractivity contribution < 1.29 is 4.79 Å². The van der Waals surface area contributed by atoms with E-state index in [0.717, 1.165) is 38.8 Å². The molecule has 3 N–H and O–H groups in total. The summed E-state index contributed by atoms with van der Waals surface area (Å²) in [5.41, 5.74) is 5.61. The Hall–Kier alpha value is -0.610. The summed E-state index contributed by atoms with van der Waals surface area (Å²) in [6.07, 6.45) is 7.93. The first kappa shape index (κ1) is 13.8. The third-order valence-electron chi connectivity index (χ3n) is 4.85. The minimum atomic E-state index is -0.268. The zero-order chi connectivity index (χ0) is 13.0. The summed E-state index contributed by atoms with van der Waals surface area (Å²) < 4.78 is 0. The maximum Gasteiger partial charge on any atom is 0.227 e. The summed E-state index contributed by atoms with van der Waals surface area (Å²) in [6.45, 7) is 2.44. The van der Waals surface area contributed by atoms with E-state index in [9.17, 15) is 4.79 Å². The van der Waals surface area contributed by atoms with Crippen LogP contribution in [-0.2, 0) is 4.79 Å². The second-order valence-electron chi connectivity index (χ2n) is 6.03. The van der Waals surface area contributed by atoms with Crippen molar-refractivity contribution in [1.82, 2.24) is 10.2 Å². The second-order valence-corrected chi connectivity index (χ2v) is 6.03. The van der Waals surface area contributed by atoms with Gasteiger partial charge in [0.25, 0.3) is 0 Å². The van der Waals surface area contributed by atoms with Crippen LogP contribution in [0.3, 0.4) is 0 Å². The Kier molecular flexibility index (Phi) is 4.62. The van der Waals surface area contributed by atoms with Gasteiger partial charge in [0.05, 0.1) is 5.41 Å². The van der Waals surface area contributed by atoms with E-state index in [-0.39, 0.29) is 11.3 Å². The number of amides is 1. The quantitative estimate of drug-likeness (QED) is 0.789. The van der Waals surface area contributed by atoms with Gasteiger partial charge in [0, 0.05) is 19.1 Å². The monoisotopic (exact) mass is 253 g/mol. The van der Waals surface area contributed by atoms with Crippen LogP contribution in [0.1, 0.15) is 44.9 Å². The fourth-order valence-electron chi connectivity index (χ4n) is 3.39. The van der Waals surface area contributed by atoms with Gasteiger partial charge in [0.2, 0.25) is 5.91 Å². The first-order chi connectivity index (χ1) is 8.68. The van der Waals surface area contributed by atoms with Crippen LogP contribution in [0.4, 0.5) is 0 Å². The van der Waals surface area contributed by atoms with Crippen LogP contribution < -0.4 is 11.1 Å². The van der Waals surface area contributed by atoms with Gasteiger partial charge in [-0.25, -0.2) is 0 Å². The molecule has 0 bridgehead atoms. The molecule has 1 amide bonds. The van der Waals surface area contributed by atoms with E-state index in [2.05, 4.69) is 17.3 Å². The van der Waals surface area contributed by atoms with Crippen LogP contribution in [0, 0.1) is 5.41 Å². The molecule has 1 saturated carbocycles. The molecule has 104 valence electrons. The van der Waals surface area contributed by atoms with Crippen molar-refractivity contribution in [3.05, 3.63) is 0 Å². The van der Waals surface area contributed by atoms with Crippen LogP contribution >= 0.6 is 0 Å². The second kappa shape index (κ2) is 6.02. The summed E-state index contributed by atoms with van der Waals surface area (Å²) in [6, 6.07) is 0.521. The van der Waals surface area contributed by atoms with E-state index in [0.29, 0.717) is 12.6 Å². The molecular weight excluding hydrogens is 226 g/mol. The molecule has 2 aliphatic rings. The fraction of sp³-hybridized carbons (Fsp3) is 0.929. The number of nitrogens with one attached hydrogen (secondary N) is 1. The molecular formula is C14H27N3O. The van der Waals surface area contributed by atoms with Crippen LogP contribution in [0.2, 0.25) is 0 Å². The van der Waals surface area contributed by atoms with Gasteiger partial charge in [-0.3, -0.25) is 4.79 Å². The summed E-state index contributed by atoms with van der Waals surface area (Å²) in [7, 11) is 2.14. The molecule has 1 unspecified atom stereocenters. The largest absolute Gasteiger partial charge is 0.354 e. The molecule has 4 nitrogen and oxygen atoms in total. The van der Waals surface area contributed by atoms with Crippen molar-refractivity contribution in [2.45, 2.75) is 51.0 Å². The maximum absolute atomic E-state index is 12.4.